The number of likely N-dealkylation sites (tertiary alicyclic amines) is 1. The average molecular weight is 417 g/mol. The van der Waals surface area contributed by atoms with Gasteiger partial charge in [-0.25, -0.2) is 4.79 Å². The highest BCUT2D eigenvalue weighted by Crippen LogP contribution is 2.20. The van der Waals surface area contributed by atoms with Crippen molar-refractivity contribution in [1.29, 1.82) is 0 Å². The molecule has 1 aliphatic heterocycles. The fraction of sp³-hybridized carbons (Fsp3) is 0.778. The Morgan fingerprint density at radius 2 is 2.00 bits per heavy atom. The van der Waals surface area contributed by atoms with E-state index in [1.54, 1.807) is 0 Å². The van der Waals surface area contributed by atoms with E-state index in [2.05, 4.69) is 10.6 Å². The van der Waals surface area contributed by atoms with E-state index in [1.165, 1.54) is 16.7 Å². The topological polar surface area (TPSA) is 142 Å². The highest BCUT2D eigenvalue weighted by Gasteiger charge is 2.37. The molecule has 0 aromatic heterocycles. The number of rotatable bonds is 11. The number of aliphatic carboxylic acids is 1. The second-order valence-corrected chi connectivity index (χ2v) is 8.04. The predicted molar refractivity (Wildman–Crippen MR) is 108 cm³/mol. The number of carboxylic acid groups (broad SMARTS) is 1. The number of nitrogens with two attached hydrogens (primary N) is 1. The minimum atomic E-state index is -1.11. The van der Waals surface area contributed by atoms with Gasteiger partial charge in [-0.3, -0.25) is 14.4 Å². The number of carboxylic acids is 1. The Bertz CT molecular complexity index is 574. The van der Waals surface area contributed by atoms with Crippen LogP contribution in [0.4, 0.5) is 0 Å². The molecule has 0 spiro atoms. The summed E-state index contributed by atoms with van der Waals surface area (Å²) in [6, 6.07) is -2.30. The van der Waals surface area contributed by atoms with Gasteiger partial charge >= 0.3 is 5.97 Å². The molecule has 0 radical (unpaired) electrons. The van der Waals surface area contributed by atoms with Crippen molar-refractivity contribution < 1.29 is 24.3 Å². The van der Waals surface area contributed by atoms with Crippen molar-refractivity contribution >= 4 is 35.5 Å². The zero-order valence-corrected chi connectivity index (χ0v) is 17.6. The van der Waals surface area contributed by atoms with Crippen molar-refractivity contribution in [2.75, 3.05) is 25.1 Å². The van der Waals surface area contributed by atoms with Gasteiger partial charge in [0.15, 0.2) is 0 Å². The first-order chi connectivity index (χ1) is 13.2. The summed E-state index contributed by atoms with van der Waals surface area (Å²) in [6.07, 6.45) is 4.12. The van der Waals surface area contributed by atoms with Gasteiger partial charge in [-0.2, -0.15) is 11.8 Å². The van der Waals surface area contributed by atoms with Crippen LogP contribution in [0.1, 0.15) is 39.5 Å². The van der Waals surface area contributed by atoms with Crippen LogP contribution in [0.25, 0.3) is 0 Å². The number of carbonyl (C=O) groups excluding carboxylic acids is 3. The van der Waals surface area contributed by atoms with Crippen LogP contribution in [-0.4, -0.2) is 76.9 Å². The van der Waals surface area contributed by atoms with E-state index in [4.69, 9.17) is 10.8 Å². The number of nitrogens with one attached hydrogen (secondary N) is 2. The molecule has 0 saturated carbocycles. The zero-order valence-electron chi connectivity index (χ0n) is 16.8. The largest absolute Gasteiger partial charge is 0.480 e. The van der Waals surface area contributed by atoms with Gasteiger partial charge in [-0.1, -0.05) is 20.3 Å². The first kappa shape index (κ1) is 24.2. The van der Waals surface area contributed by atoms with Crippen LogP contribution in [-0.2, 0) is 19.2 Å². The third-order valence-electron chi connectivity index (χ3n) is 5.05. The van der Waals surface area contributed by atoms with Crippen molar-refractivity contribution in [2.24, 2.45) is 11.7 Å². The third-order valence-corrected chi connectivity index (χ3v) is 5.69. The minimum Gasteiger partial charge on any atom is -0.480 e. The quantitative estimate of drug-likeness (QED) is 0.365. The van der Waals surface area contributed by atoms with Crippen molar-refractivity contribution in [1.82, 2.24) is 15.5 Å². The molecule has 1 saturated heterocycles. The van der Waals surface area contributed by atoms with Crippen molar-refractivity contribution in [3.05, 3.63) is 0 Å². The van der Waals surface area contributed by atoms with Gasteiger partial charge in [0.2, 0.25) is 17.7 Å². The van der Waals surface area contributed by atoms with Crippen LogP contribution < -0.4 is 16.4 Å². The smallest absolute Gasteiger partial charge is 0.326 e. The molecule has 3 amide bonds. The Labute approximate surface area is 170 Å². The van der Waals surface area contributed by atoms with Gasteiger partial charge in [0.05, 0.1) is 12.6 Å². The first-order valence-electron chi connectivity index (χ1n) is 9.57. The molecule has 1 fully saturated rings. The highest BCUT2D eigenvalue weighted by molar-refractivity contribution is 7.98. The maximum atomic E-state index is 12.6. The van der Waals surface area contributed by atoms with Crippen LogP contribution >= 0.6 is 11.8 Å². The van der Waals surface area contributed by atoms with Crippen LogP contribution in [0.5, 0.6) is 0 Å². The van der Waals surface area contributed by atoms with Crippen molar-refractivity contribution in [3.8, 4) is 0 Å². The number of hydrogen-bond donors (Lipinski definition) is 4. The Hall–Kier alpha value is -1.81. The summed E-state index contributed by atoms with van der Waals surface area (Å²) in [6.45, 7) is 3.98. The van der Waals surface area contributed by atoms with E-state index in [0.29, 0.717) is 31.6 Å². The molecule has 1 rings (SSSR count). The maximum absolute atomic E-state index is 12.6. The van der Waals surface area contributed by atoms with Crippen molar-refractivity contribution in [3.63, 3.8) is 0 Å². The lowest BCUT2D eigenvalue weighted by molar-refractivity contribution is -0.142. The summed E-state index contributed by atoms with van der Waals surface area (Å²) in [5, 5.41) is 14.1. The molecule has 10 heteroatoms. The molecule has 0 bridgehead atoms. The lowest BCUT2D eigenvalue weighted by atomic mass is 9.98. The van der Waals surface area contributed by atoms with Gasteiger partial charge < -0.3 is 26.4 Å². The minimum absolute atomic E-state index is 0.0109. The van der Waals surface area contributed by atoms with Crippen LogP contribution in [0, 0.1) is 5.92 Å². The molecule has 0 aliphatic carbocycles. The molecular weight excluding hydrogens is 384 g/mol. The molecule has 5 N–H and O–H groups in total. The van der Waals surface area contributed by atoms with Gasteiger partial charge in [0.1, 0.15) is 12.1 Å². The molecule has 9 nitrogen and oxygen atoms in total. The van der Waals surface area contributed by atoms with Gasteiger partial charge in [-0.05, 0) is 37.2 Å². The van der Waals surface area contributed by atoms with Crippen LogP contribution in [0.15, 0.2) is 0 Å². The standard InChI is InChI=1S/C18H32N4O5S/c1-4-11(2)15(19)17(25)22-8-5-6-13(22)16(24)20-10-14(23)21-12(18(26)27)7-9-28-3/h11-13,15H,4-10,19H2,1-3H3,(H,20,24)(H,21,23)(H,26,27). The average Bonchev–Trinajstić information content (AvgIpc) is 3.17. The fourth-order valence-corrected chi connectivity index (χ4v) is 3.49. The predicted octanol–water partition coefficient (Wildman–Crippen LogP) is -0.210. The summed E-state index contributed by atoms with van der Waals surface area (Å²) in [5.74, 6) is -1.75. The Kier molecular flexibility index (Phi) is 10.3. The van der Waals surface area contributed by atoms with E-state index in [9.17, 15) is 19.2 Å². The molecule has 0 aromatic carbocycles. The zero-order chi connectivity index (χ0) is 21.3. The lowest BCUT2D eigenvalue weighted by Crippen LogP contribution is -2.54. The second-order valence-electron chi connectivity index (χ2n) is 7.06. The van der Waals surface area contributed by atoms with E-state index < -0.39 is 35.9 Å². The molecule has 4 atom stereocenters. The van der Waals surface area contributed by atoms with E-state index in [-0.39, 0.29) is 18.4 Å². The summed E-state index contributed by atoms with van der Waals surface area (Å²) in [4.78, 5) is 49.7. The molecule has 1 heterocycles. The Balaban J connectivity index is 2.58. The maximum Gasteiger partial charge on any atom is 0.326 e. The summed E-state index contributed by atoms with van der Waals surface area (Å²) in [5.41, 5.74) is 6.01. The lowest BCUT2D eigenvalue weighted by Gasteiger charge is -2.28. The molecule has 4 unspecified atom stereocenters. The Morgan fingerprint density at radius 1 is 1.32 bits per heavy atom. The van der Waals surface area contributed by atoms with Crippen LogP contribution in [0.2, 0.25) is 0 Å². The van der Waals surface area contributed by atoms with E-state index >= 15 is 0 Å². The van der Waals surface area contributed by atoms with Gasteiger partial charge in [0.25, 0.3) is 0 Å². The molecule has 160 valence electrons. The van der Waals surface area contributed by atoms with Crippen molar-refractivity contribution in [2.45, 2.75) is 57.7 Å². The summed E-state index contributed by atoms with van der Waals surface area (Å²) < 4.78 is 0. The van der Waals surface area contributed by atoms with E-state index in [0.717, 1.165) is 6.42 Å². The highest BCUT2D eigenvalue weighted by atomic mass is 32.2. The fourth-order valence-electron chi connectivity index (χ4n) is 3.02. The summed E-state index contributed by atoms with van der Waals surface area (Å²) in [7, 11) is 0. The number of carbonyl (C=O) groups is 4. The third kappa shape index (κ3) is 6.97. The second kappa shape index (κ2) is 11.9. The van der Waals surface area contributed by atoms with Crippen LogP contribution in [0.3, 0.4) is 0 Å². The SMILES string of the molecule is CCC(C)C(N)C(=O)N1CCCC1C(=O)NCC(=O)NC(CCSC)C(=O)O. The van der Waals surface area contributed by atoms with Gasteiger partial charge in [-0.15, -0.1) is 0 Å². The van der Waals surface area contributed by atoms with E-state index in [1.807, 2.05) is 20.1 Å². The molecular formula is C18H32N4O5S. The molecule has 0 aromatic rings. The normalized spacial score (nSPS) is 19.6. The molecule has 28 heavy (non-hydrogen) atoms. The number of nitrogens with zero attached hydrogens (tertiary/aromatic N) is 1. The van der Waals surface area contributed by atoms with Gasteiger partial charge in [0, 0.05) is 6.54 Å². The monoisotopic (exact) mass is 416 g/mol. The molecule has 1 aliphatic rings. The number of hydrogen-bond acceptors (Lipinski definition) is 6. The summed E-state index contributed by atoms with van der Waals surface area (Å²) >= 11 is 1.49. The first-order valence-corrected chi connectivity index (χ1v) is 11.0. The number of thioether (sulfide) groups is 1. The Morgan fingerprint density at radius 3 is 2.57 bits per heavy atom. The number of amides is 3.